The van der Waals surface area contributed by atoms with Crippen molar-refractivity contribution in [3.05, 3.63) is 24.3 Å². The third-order valence-corrected chi connectivity index (χ3v) is 13.3. The Morgan fingerprint density at radius 2 is 0.875 bits per heavy atom. The number of amides is 1. The van der Waals surface area contributed by atoms with Crippen molar-refractivity contribution in [3.8, 4) is 0 Å². The van der Waals surface area contributed by atoms with Gasteiger partial charge in [-0.15, -0.1) is 0 Å². The molecule has 0 bridgehead atoms. The van der Waals surface area contributed by atoms with Gasteiger partial charge >= 0.3 is 0 Å². The molecule has 6 N–H and O–H groups in total. The Morgan fingerprint density at radius 1 is 0.516 bits per heavy atom. The first-order chi connectivity index (χ1) is 31.3. The van der Waals surface area contributed by atoms with E-state index >= 15 is 0 Å². The molecule has 1 saturated heterocycles. The van der Waals surface area contributed by atoms with Crippen LogP contribution in [0, 0.1) is 0 Å². The van der Waals surface area contributed by atoms with E-state index < -0.39 is 49.5 Å². The van der Waals surface area contributed by atoms with Crippen molar-refractivity contribution in [1.29, 1.82) is 0 Å². The van der Waals surface area contributed by atoms with Gasteiger partial charge in [-0.3, -0.25) is 4.79 Å². The van der Waals surface area contributed by atoms with Gasteiger partial charge in [-0.2, -0.15) is 0 Å². The molecular formula is C55H105NO8. The van der Waals surface area contributed by atoms with Crippen molar-refractivity contribution in [2.45, 2.75) is 307 Å². The quantitative estimate of drug-likeness (QED) is 0.0261. The minimum atomic E-state index is -1.56. The smallest absolute Gasteiger partial charge is 0.220 e. The lowest BCUT2D eigenvalue weighted by molar-refractivity contribution is -0.302. The maximum Gasteiger partial charge on any atom is 0.220 e. The van der Waals surface area contributed by atoms with Crippen LogP contribution in [0.1, 0.15) is 264 Å². The predicted molar refractivity (Wildman–Crippen MR) is 267 cm³/mol. The molecule has 1 amide bonds. The molecule has 1 rings (SSSR count). The molecule has 378 valence electrons. The van der Waals surface area contributed by atoms with Gasteiger partial charge in [0.15, 0.2) is 6.29 Å². The van der Waals surface area contributed by atoms with Crippen LogP contribution in [0.3, 0.4) is 0 Å². The lowest BCUT2D eigenvalue weighted by Gasteiger charge is -2.40. The molecule has 1 fully saturated rings. The highest BCUT2D eigenvalue weighted by Crippen LogP contribution is 2.23. The second kappa shape index (κ2) is 45.5. The molecular weight excluding hydrogens is 803 g/mol. The lowest BCUT2D eigenvalue weighted by atomic mass is 9.99. The summed E-state index contributed by atoms with van der Waals surface area (Å²) in [6, 6.07) is -0.801. The maximum atomic E-state index is 13.0. The number of aliphatic hydroxyl groups is 5. The molecule has 1 heterocycles. The Hall–Kier alpha value is -1.33. The van der Waals surface area contributed by atoms with E-state index in [2.05, 4.69) is 31.3 Å². The number of unbranched alkanes of at least 4 members (excludes halogenated alkanes) is 35. The fourth-order valence-electron chi connectivity index (χ4n) is 8.86. The predicted octanol–water partition coefficient (Wildman–Crippen LogP) is 13.0. The number of hydrogen-bond acceptors (Lipinski definition) is 8. The highest BCUT2D eigenvalue weighted by Gasteiger charge is 2.44. The molecule has 7 unspecified atom stereocenters. The molecule has 0 aromatic carbocycles. The minimum absolute atomic E-state index is 0.174. The zero-order valence-corrected chi connectivity index (χ0v) is 41.8. The van der Waals surface area contributed by atoms with E-state index in [4.69, 9.17) is 9.47 Å². The van der Waals surface area contributed by atoms with Gasteiger partial charge in [-0.25, -0.2) is 0 Å². The molecule has 0 radical (unpaired) electrons. The van der Waals surface area contributed by atoms with Crippen molar-refractivity contribution in [2.75, 3.05) is 13.2 Å². The van der Waals surface area contributed by atoms with Gasteiger partial charge in [-0.05, 0) is 44.9 Å². The average molecular weight is 908 g/mol. The molecule has 0 aromatic rings. The van der Waals surface area contributed by atoms with Crippen molar-refractivity contribution < 1.29 is 39.8 Å². The summed E-state index contributed by atoms with van der Waals surface area (Å²) in [5.74, 6) is -0.174. The van der Waals surface area contributed by atoms with Crippen LogP contribution in [-0.4, -0.2) is 87.5 Å². The van der Waals surface area contributed by atoms with Gasteiger partial charge in [0.2, 0.25) is 5.91 Å². The summed E-state index contributed by atoms with van der Waals surface area (Å²) < 4.78 is 11.2. The Bertz CT molecular complexity index is 1060. The third-order valence-electron chi connectivity index (χ3n) is 13.3. The van der Waals surface area contributed by atoms with E-state index in [1.807, 2.05) is 6.08 Å². The minimum Gasteiger partial charge on any atom is -0.394 e. The molecule has 0 saturated carbocycles. The Balaban J connectivity index is 2.19. The molecule has 0 spiro atoms. The number of allylic oxidation sites excluding steroid dienone is 3. The van der Waals surface area contributed by atoms with E-state index in [0.29, 0.717) is 6.42 Å². The van der Waals surface area contributed by atoms with Crippen LogP contribution < -0.4 is 5.32 Å². The van der Waals surface area contributed by atoms with Crippen molar-refractivity contribution >= 4 is 5.91 Å². The molecule has 7 atom stereocenters. The van der Waals surface area contributed by atoms with Crippen molar-refractivity contribution in [1.82, 2.24) is 5.32 Å². The molecule has 9 nitrogen and oxygen atoms in total. The molecule has 0 aromatic heterocycles. The molecule has 64 heavy (non-hydrogen) atoms. The van der Waals surface area contributed by atoms with Gasteiger partial charge in [0, 0.05) is 6.42 Å². The summed E-state index contributed by atoms with van der Waals surface area (Å²) in [7, 11) is 0. The van der Waals surface area contributed by atoms with E-state index in [-0.39, 0.29) is 12.5 Å². The standard InChI is InChI=1S/C55H105NO8/c1-3-5-7-9-11-13-15-17-19-20-21-22-23-24-25-26-27-28-29-30-31-33-35-37-39-41-43-45-51(59)56-48(47-63-55-54(62)53(61)52(60)50(46-57)64-55)49(58)44-42-40-38-36-34-32-18-16-14-12-10-8-6-4-2/h20-21,42,44,48-50,52-55,57-58,60-62H,3-19,22-41,43,45-47H2,1-2H3,(H,56,59)/b21-20-,44-42+. The Kier molecular flexibility index (Phi) is 43.1. The zero-order chi connectivity index (χ0) is 46.6. The molecule has 1 aliphatic heterocycles. The normalized spacial score (nSPS) is 20.1. The van der Waals surface area contributed by atoms with E-state index in [0.717, 1.165) is 38.5 Å². The third kappa shape index (κ3) is 34.9. The second-order valence-corrected chi connectivity index (χ2v) is 19.4. The first-order valence-electron chi connectivity index (χ1n) is 27.6. The number of nitrogens with one attached hydrogen (secondary N) is 1. The van der Waals surface area contributed by atoms with E-state index in [9.17, 15) is 30.3 Å². The summed E-state index contributed by atoms with van der Waals surface area (Å²) in [6.07, 6.45) is 49.6. The number of rotatable bonds is 47. The summed E-state index contributed by atoms with van der Waals surface area (Å²) in [5, 5.41) is 54.4. The van der Waals surface area contributed by atoms with Crippen LogP contribution in [0.2, 0.25) is 0 Å². The topological polar surface area (TPSA) is 149 Å². The van der Waals surface area contributed by atoms with Gasteiger partial charge in [0.25, 0.3) is 0 Å². The van der Waals surface area contributed by atoms with E-state index in [1.165, 1.54) is 205 Å². The largest absolute Gasteiger partial charge is 0.394 e. The van der Waals surface area contributed by atoms with Gasteiger partial charge in [0.05, 0.1) is 25.4 Å². The first-order valence-corrected chi connectivity index (χ1v) is 27.6. The highest BCUT2D eigenvalue weighted by atomic mass is 16.7. The Labute approximate surface area is 394 Å². The first kappa shape index (κ1) is 60.7. The second-order valence-electron chi connectivity index (χ2n) is 19.4. The van der Waals surface area contributed by atoms with Crippen LogP contribution in [-0.2, 0) is 14.3 Å². The Morgan fingerprint density at radius 3 is 1.27 bits per heavy atom. The zero-order valence-electron chi connectivity index (χ0n) is 41.8. The average Bonchev–Trinajstić information content (AvgIpc) is 3.29. The number of hydrogen-bond donors (Lipinski definition) is 6. The highest BCUT2D eigenvalue weighted by molar-refractivity contribution is 5.76. The summed E-state index contributed by atoms with van der Waals surface area (Å²) in [4.78, 5) is 13.0. The number of carbonyl (C=O) groups excluding carboxylic acids is 1. The van der Waals surface area contributed by atoms with Gasteiger partial charge in [0.1, 0.15) is 24.4 Å². The number of aliphatic hydroxyl groups excluding tert-OH is 5. The van der Waals surface area contributed by atoms with E-state index in [1.54, 1.807) is 6.08 Å². The SMILES string of the molecule is CCCCCCCCCC/C=C\CCCCCCCCCCCCCCCCCC(=O)NC(COC1OC(CO)C(O)C(O)C1O)C(O)/C=C/CCCCCCCCCCCCCC. The summed E-state index contributed by atoms with van der Waals surface area (Å²) in [6.45, 7) is 3.79. The number of ether oxygens (including phenoxy) is 2. The van der Waals surface area contributed by atoms with Gasteiger partial charge in [-0.1, -0.05) is 237 Å². The van der Waals surface area contributed by atoms with Gasteiger partial charge < -0.3 is 40.3 Å². The summed E-state index contributed by atoms with van der Waals surface area (Å²) in [5.41, 5.74) is 0. The molecule has 9 heteroatoms. The number of carbonyl (C=O) groups is 1. The van der Waals surface area contributed by atoms with Crippen LogP contribution in [0.5, 0.6) is 0 Å². The van der Waals surface area contributed by atoms with Crippen LogP contribution in [0.25, 0.3) is 0 Å². The van der Waals surface area contributed by atoms with Crippen LogP contribution in [0.15, 0.2) is 24.3 Å². The fourth-order valence-corrected chi connectivity index (χ4v) is 8.86. The van der Waals surface area contributed by atoms with Crippen LogP contribution >= 0.6 is 0 Å². The molecule has 0 aliphatic carbocycles. The fraction of sp³-hybridized carbons (Fsp3) is 0.909. The van der Waals surface area contributed by atoms with Crippen LogP contribution in [0.4, 0.5) is 0 Å². The summed E-state index contributed by atoms with van der Waals surface area (Å²) >= 11 is 0. The maximum absolute atomic E-state index is 13.0. The lowest BCUT2D eigenvalue weighted by Crippen LogP contribution is -2.60. The van der Waals surface area contributed by atoms with Crippen molar-refractivity contribution in [2.24, 2.45) is 0 Å². The monoisotopic (exact) mass is 908 g/mol. The molecule has 1 aliphatic rings. The van der Waals surface area contributed by atoms with Crippen molar-refractivity contribution in [3.63, 3.8) is 0 Å².